The largest absolute Gasteiger partial charge is 0.295 e. The molecule has 0 saturated carbocycles. The van der Waals surface area contributed by atoms with Crippen LogP contribution in [0.25, 0.3) is 0 Å². The van der Waals surface area contributed by atoms with Gasteiger partial charge in [0.1, 0.15) is 0 Å². The van der Waals surface area contributed by atoms with Crippen LogP contribution in [0.15, 0.2) is 59.7 Å². The van der Waals surface area contributed by atoms with Crippen molar-refractivity contribution in [1.29, 1.82) is 0 Å². The number of carbonyl (C=O) groups excluding carboxylic acids is 1. The van der Waals surface area contributed by atoms with Gasteiger partial charge in [0.25, 0.3) is 0 Å². The van der Waals surface area contributed by atoms with E-state index in [1.54, 1.807) is 0 Å². The zero-order valence-corrected chi connectivity index (χ0v) is 16.2. The topological polar surface area (TPSA) is 30.0 Å². The molecular weight excluding hydrogens is 350 g/mol. The first kappa shape index (κ1) is 21.3. The van der Waals surface area contributed by atoms with Gasteiger partial charge in [0.2, 0.25) is 0 Å². The molecule has 0 fully saturated rings. The number of hydrogen-bond donors (Lipinski definition) is 0. The SMILES string of the molecule is C=CC(C)=O.CC(C)c1ccc(Br)cc1.Cc1ccc(C)nc1. The Labute approximate surface area is 148 Å². The maximum Gasteiger partial charge on any atom is 0.152 e. The van der Waals surface area contributed by atoms with Crippen molar-refractivity contribution in [3.8, 4) is 0 Å². The fourth-order valence-corrected chi connectivity index (χ4v) is 1.65. The fourth-order valence-electron chi connectivity index (χ4n) is 1.39. The van der Waals surface area contributed by atoms with E-state index >= 15 is 0 Å². The predicted octanol–water partition coefficient (Wildman–Crippen LogP) is 6.03. The van der Waals surface area contributed by atoms with Gasteiger partial charge in [-0.05, 0) is 62.1 Å². The van der Waals surface area contributed by atoms with Crippen LogP contribution in [0.1, 0.15) is 43.5 Å². The van der Waals surface area contributed by atoms with Gasteiger partial charge in [-0.3, -0.25) is 9.78 Å². The molecule has 23 heavy (non-hydrogen) atoms. The number of benzene rings is 1. The molecule has 124 valence electrons. The second kappa shape index (κ2) is 11.8. The Bertz CT molecular complexity index is 565. The van der Waals surface area contributed by atoms with Gasteiger partial charge in [0, 0.05) is 16.4 Å². The Morgan fingerprint density at radius 1 is 1.13 bits per heavy atom. The van der Waals surface area contributed by atoms with E-state index in [2.05, 4.69) is 71.7 Å². The van der Waals surface area contributed by atoms with Crippen LogP contribution in [0.5, 0.6) is 0 Å². The Hall–Kier alpha value is -1.74. The smallest absolute Gasteiger partial charge is 0.152 e. The summed E-state index contributed by atoms with van der Waals surface area (Å²) in [6.45, 7) is 13.1. The maximum atomic E-state index is 9.69. The average Bonchev–Trinajstić information content (AvgIpc) is 2.52. The summed E-state index contributed by atoms with van der Waals surface area (Å²) in [5.41, 5.74) is 3.69. The summed E-state index contributed by atoms with van der Waals surface area (Å²) in [6, 6.07) is 12.5. The van der Waals surface area contributed by atoms with Gasteiger partial charge in [0.05, 0.1) is 0 Å². The van der Waals surface area contributed by atoms with Crippen LogP contribution in [0, 0.1) is 13.8 Å². The lowest BCUT2D eigenvalue weighted by Crippen LogP contribution is -1.84. The average molecular weight is 376 g/mol. The van der Waals surface area contributed by atoms with Crippen LogP contribution in [0.3, 0.4) is 0 Å². The molecule has 1 heterocycles. The number of aryl methyl sites for hydroxylation is 2. The van der Waals surface area contributed by atoms with E-state index in [4.69, 9.17) is 0 Å². The minimum Gasteiger partial charge on any atom is -0.295 e. The number of aromatic nitrogens is 1. The molecule has 2 nitrogen and oxygen atoms in total. The highest BCUT2D eigenvalue weighted by Gasteiger charge is 1.95. The normalized spacial score (nSPS) is 9.17. The van der Waals surface area contributed by atoms with Crippen molar-refractivity contribution in [3.63, 3.8) is 0 Å². The van der Waals surface area contributed by atoms with Crippen LogP contribution in [-0.2, 0) is 4.79 Å². The van der Waals surface area contributed by atoms with Crippen molar-refractivity contribution in [1.82, 2.24) is 4.98 Å². The standard InChI is InChI=1S/C9H11Br.C7H9N.C4H6O/c1-7(2)8-3-5-9(10)6-4-8;1-6-3-4-7(2)8-5-6;1-3-4(2)5/h3-7H,1-2H3;3-5H,1-2H3;3H,1H2,2H3. The molecule has 0 spiro atoms. The first-order valence-corrected chi connectivity index (χ1v) is 8.33. The van der Waals surface area contributed by atoms with Gasteiger partial charge in [-0.1, -0.05) is 54.6 Å². The number of ketones is 1. The molecule has 0 N–H and O–H groups in total. The van der Waals surface area contributed by atoms with Crippen molar-refractivity contribution in [2.75, 3.05) is 0 Å². The number of pyridine rings is 1. The Kier molecular flexibility index (Phi) is 10.9. The lowest BCUT2D eigenvalue weighted by Gasteiger charge is -2.03. The molecule has 0 unspecified atom stereocenters. The molecule has 0 bridgehead atoms. The first-order chi connectivity index (χ1) is 10.8. The number of hydrogen-bond acceptors (Lipinski definition) is 2. The molecule has 0 aliphatic heterocycles. The van der Waals surface area contributed by atoms with Crippen molar-refractivity contribution in [3.05, 3.63) is 76.5 Å². The van der Waals surface area contributed by atoms with Gasteiger partial charge in [0.15, 0.2) is 5.78 Å². The summed E-state index contributed by atoms with van der Waals surface area (Å²) in [4.78, 5) is 13.8. The second-order valence-corrected chi connectivity index (χ2v) is 6.41. The molecule has 0 radical (unpaired) electrons. The van der Waals surface area contributed by atoms with Crippen molar-refractivity contribution in [2.24, 2.45) is 0 Å². The third kappa shape index (κ3) is 11.5. The van der Waals surface area contributed by atoms with Crippen molar-refractivity contribution < 1.29 is 4.79 Å². The van der Waals surface area contributed by atoms with E-state index in [0.29, 0.717) is 5.92 Å². The fraction of sp³-hybridized carbons (Fsp3) is 0.300. The third-order valence-electron chi connectivity index (χ3n) is 2.88. The summed E-state index contributed by atoms with van der Waals surface area (Å²) in [5, 5.41) is 0. The lowest BCUT2D eigenvalue weighted by atomic mass is 10.0. The molecule has 2 aromatic rings. The van der Waals surface area contributed by atoms with Crippen LogP contribution in [0.2, 0.25) is 0 Å². The summed E-state index contributed by atoms with van der Waals surface area (Å²) in [6.07, 6.45) is 3.15. The monoisotopic (exact) mass is 375 g/mol. The zero-order chi connectivity index (χ0) is 17.8. The number of rotatable bonds is 2. The van der Waals surface area contributed by atoms with E-state index in [9.17, 15) is 4.79 Å². The first-order valence-electron chi connectivity index (χ1n) is 7.54. The number of allylic oxidation sites excluding steroid dienone is 1. The van der Waals surface area contributed by atoms with Gasteiger partial charge in [-0.25, -0.2) is 0 Å². The molecule has 3 heteroatoms. The molecule has 0 aliphatic carbocycles. The minimum atomic E-state index is 0.0185. The van der Waals surface area contributed by atoms with E-state index < -0.39 is 0 Å². The summed E-state index contributed by atoms with van der Waals surface area (Å²) >= 11 is 3.39. The predicted molar refractivity (Wildman–Crippen MR) is 103 cm³/mol. The van der Waals surface area contributed by atoms with Crippen LogP contribution < -0.4 is 0 Å². The van der Waals surface area contributed by atoms with E-state index in [1.165, 1.54) is 24.1 Å². The highest BCUT2D eigenvalue weighted by atomic mass is 79.9. The van der Waals surface area contributed by atoms with Gasteiger partial charge >= 0.3 is 0 Å². The molecule has 1 aromatic carbocycles. The van der Waals surface area contributed by atoms with Crippen LogP contribution >= 0.6 is 15.9 Å². The Morgan fingerprint density at radius 3 is 1.96 bits per heavy atom. The minimum absolute atomic E-state index is 0.0185. The summed E-state index contributed by atoms with van der Waals surface area (Å²) < 4.78 is 1.15. The molecular formula is C20H26BrNO. The lowest BCUT2D eigenvalue weighted by molar-refractivity contribution is -0.112. The number of nitrogens with zero attached hydrogens (tertiary/aromatic N) is 1. The molecule has 0 amide bonds. The summed E-state index contributed by atoms with van der Waals surface area (Å²) in [5.74, 6) is 0.651. The van der Waals surface area contributed by atoms with E-state index in [1.807, 2.05) is 26.1 Å². The quantitative estimate of drug-likeness (QED) is 0.599. The maximum absolute atomic E-state index is 9.69. The summed E-state index contributed by atoms with van der Waals surface area (Å²) in [7, 11) is 0. The van der Waals surface area contributed by atoms with Gasteiger partial charge in [-0.2, -0.15) is 0 Å². The number of halogens is 1. The van der Waals surface area contributed by atoms with Gasteiger partial charge in [-0.15, -0.1) is 0 Å². The molecule has 2 rings (SSSR count). The molecule has 0 atom stereocenters. The zero-order valence-electron chi connectivity index (χ0n) is 14.6. The van der Waals surface area contributed by atoms with Crippen molar-refractivity contribution >= 4 is 21.7 Å². The van der Waals surface area contributed by atoms with Crippen molar-refractivity contribution in [2.45, 2.75) is 40.5 Å². The molecule has 0 aliphatic rings. The van der Waals surface area contributed by atoms with Gasteiger partial charge < -0.3 is 0 Å². The van der Waals surface area contributed by atoms with E-state index in [-0.39, 0.29) is 5.78 Å². The Morgan fingerprint density at radius 2 is 1.65 bits per heavy atom. The van der Waals surface area contributed by atoms with Crippen LogP contribution in [0.4, 0.5) is 0 Å². The second-order valence-electron chi connectivity index (χ2n) is 5.50. The molecule has 0 saturated heterocycles. The third-order valence-corrected chi connectivity index (χ3v) is 3.41. The highest BCUT2D eigenvalue weighted by molar-refractivity contribution is 9.10. The Balaban J connectivity index is 0.000000335. The highest BCUT2D eigenvalue weighted by Crippen LogP contribution is 2.17. The molecule has 1 aromatic heterocycles. The van der Waals surface area contributed by atoms with E-state index in [0.717, 1.165) is 10.2 Å². The van der Waals surface area contributed by atoms with Crippen LogP contribution in [-0.4, -0.2) is 10.8 Å². The number of carbonyl (C=O) groups is 1.